The number of hydrogen-bond acceptors (Lipinski definition) is 5. The minimum atomic E-state index is -1.05. The minimum absolute atomic E-state index is 0.248. The number of fused-ring (bicyclic) bond motifs is 2. The Kier molecular flexibility index (Phi) is 5.19. The van der Waals surface area contributed by atoms with Crippen molar-refractivity contribution in [1.29, 1.82) is 0 Å². The second-order valence-electron chi connectivity index (χ2n) is 9.17. The van der Waals surface area contributed by atoms with Crippen LogP contribution in [0, 0.1) is 5.92 Å². The van der Waals surface area contributed by atoms with Gasteiger partial charge in [-0.15, -0.1) is 5.10 Å². The summed E-state index contributed by atoms with van der Waals surface area (Å²) in [6.45, 7) is 0.633. The molecule has 5 rings (SSSR count). The molecule has 0 bridgehead atoms. The SMILES string of the molecule is Cn1cc(CN(CCC2CCC2)C(=O)CN2C(=O)N[C@]3(CCc4ccccc43)C2=O)nn1. The number of imide groups is 1. The van der Waals surface area contributed by atoms with Crippen molar-refractivity contribution in [2.75, 3.05) is 13.1 Å². The van der Waals surface area contributed by atoms with Crippen LogP contribution >= 0.6 is 0 Å². The van der Waals surface area contributed by atoms with E-state index in [0.717, 1.165) is 28.9 Å². The number of aromatic nitrogens is 3. The molecule has 9 heteroatoms. The number of aryl methyl sites for hydroxylation is 2. The van der Waals surface area contributed by atoms with Crippen molar-refractivity contribution in [1.82, 2.24) is 30.1 Å². The Morgan fingerprint density at radius 2 is 2.09 bits per heavy atom. The van der Waals surface area contributed by atoms with Gasteiger partial charge < -0.3 is 10.2 Å². The largest absolute Gasteiger partial charge is 0.335 e. The van der Waals surface area contributed by atoms with Gasteiger partial charge >= 0.3 is 6.03 Å². The third kappa shape index (κ3) is 3.55. The van der Waals surface area contributed by atoms with E-state index in [0.29, 0.717) is 31.1 Å². The van der Waals surface area contributed by atoms with Gasteiger partial charge in [0, 0.05) is 19.8 Å². The molecular weight excluding hydrogens is 408 g/mol. The maximum Gasteiger partial charge on any atom is 0.325 e. The lowest BCUT2D eigenvalue weighted by Crippen LogP contribution is -2.45. The molecule has 1 saturated heterocycles. The van der Waals surface area contributed by atoms with E-state index in [1.807, 2.05) is 24.3 Å². The Hall–Kier alpha value is -3.23. The van der Waals surface area contributed by atoms with E-state index in [1.54, 1.807) is 22.8 Å². The smallest absolute Gasteiger partial charge is 0.325 e. The number of nitrogens with one attached hydrogen (secondary N) is 1. The van der Waals surface area contributed by atoms with Crippen molar-refractivity contribution in [3.05, 3.63) is 47.3 Å². The summed E-state index contributed by atoms with van der Waals surface area (Å²) in [5, 5.41) is 10.9. The van der Waals surface area contributed by atoms with Crippen LogP contribution < -0.4 is 5.32 Å². The van der Waals surface area contributed by atoms with Crippen LogP contribution in [0.15, 0.2) is 30.5 Å². The number of carbonyl (C=O) groups excluding carboxylic acids is 3. The van der Waals surface area contributed by atoms with Crippen LogP contribution in [-0.2, 0) is 35.1 Å². The highest BCUT2D eigenvalue weighted by atomic mass is 16.2. The van der Waals surface area contributed by atoms with Crippen molar-refractivity contribution in [2.24, 2.45) is 13.0 Å². The van der Waals surface area contributed by atoms with Crippen LogP contribution in [-0.4, -0.2) is 55.7 Å². The summed E-state index contributed by atoms with van der Waals surface area (Å²) >= 11 is 0. The Labute approximate surface area is 186 Å². The van der Waals surface area contributed by atoms with Gasteiger partial charge in [-0.05, 0) is 36.3 Å². The van der Waals surface area contributed by atoms with Crippen molar-refractivity contribution in [2.45, 2.75) is 50.6 Å². The summed E-state index contributed by atoms with van der Waals surface area (Å²) in [6.07, 6.45) is 7.58. The van der Waals surface area contributed by atoms with E-state index in [1.165, 1.54) is 19.3 Å². The molecule has 2 aliphatic carbocycles. The van der Waals surface area contributed by atoms with Gasteiger partial charge in [0.15, 0.2) is 0 Å². The van der Waals surface area contributed by atoms with Crippen LogP contribution in [0.3, 0.4) is 0 Å². The molecule has 3 aliphatic rings. The fraction of sp³-hybridized carbons (Fsp3) is 0.522. The monoisotopic (exact) mass is 436 g/mol. The highest BCUT2D eigenvalue weighted by Gasteiger charge is 2.55. The lowest BCUT2D eigenvalue weighted by atomic mass is 9.83. The van der Waals surface area contributed by atoms with Crippen LogP contribution in [0.1, 0.15) is 48.9 Å². The second-order valence-corrected chi connectivity index (χ2v) is 9.17. The summed E-state index contributed by atoms with van der Waals surface area (Å²) in [7, 11) is 1.78. The molecule has 0 unspecified atom stereocenters. The normalized spacial score (nSPS) is 22.2. The zero-order chi connectivity index (χ0) is 22.3. The molecule has 4 amide bonds. The summed E-state index contributed by atoms with van der Waals surface area (Å²) in [5.41, 5.74) is 1.55. The lowest BCUT2D eigenvalue weighted by Gasteiger charge is -2.30. The van der Waals surface area contributed by atoms with E-state index < -0.39 is 11.6 Å². The number of nitrogens with zero attached hydrogens (tertiary/aromatic N) is 5. The third-order valence-electron chi connectivity index (χ3n) is 7.10. The maximum atomic E-state index is 13.4. The molecule has 1 aromatic heterocycles. The Bertz CT molecular complexity index is 1060. The number of hydrogen-bond donors (Lipinski definition) is 1. The van der Waals surface area contributed by atoms with Gasteiger partial charge in [-0.1, -0.05) is 48.7 Å². The summed E-state index contributed by atoms with van der Waals surface area (Å²) < 4.78 is 1.60. The van der Waals surface area contributed by atoms with E-state index in [2.05, 4.69) is 15.6 Å². The van der Waals surface area contributed by atoms with Crippen LogP contribution in [0.2, 0.25) is 0 Å². The Balaban J connectivity index is 1.32. The molecule has 1 aromatic carbocycles. The number of amides is 4. The lowest BCUT2D eigenvalue weighted by molar-refractivity contribution is -0.139. The summed E-state index contributed by atoms with van der Waals surface area (Å²) in [4.78, 5) is 42.2. The molecule has 9 nitrogen and oxygen atoms in total. The zero-order valence-corrected chi connectivity index (χ0v) is 18.3. The van der Waals surface area contributed by atoms with Crippen LogP contribution in [0.4, 0.5) is 4.79 Å². The number of carbonyl (C=O) groups is 3. The molecule has 32 heavy (non-hydrogen) atoms. The van der Waals surface area contributed by atoms with Gasteiger partial charge in [0.1, 0.15) is 17.8 Å². The van der Waals surface area contributed by atoms with Gasteiger partial charge in [0.05, 0.1) is 6.54 Å². The van der Waals surface area contributed by atoms with Crippen molar-refractivity contribution in [3.63, 3.8) is 0 Å². The van der Waals surface area contributed by atoms with Crippen molar-refractivity contribution >= 4 is 17.8 Å². The first-order valence-electron chi connectivity index (χ1n) is 11.3. The predicted octanol–water partition coefficient (Wildman–Crippen LogP) is 1.73. The topological polar surface area (TPSA) is 100 Å². The molecule has 2 heterocycles. The average Bonchev–Trinajstić information content (AvgIpc) is 3.39. The van der Waals surface area contributed by atoms with Gasteiger partial charge in [-0.2, -0.15) is 0 Å². The van der Waals surface area contributed by atoms with Gasteiger partial charge in [0.2, 0.25) is 5.91 Å². The molecule has 2 fully saturated rings. The quantitative estimate of drug-likeness (QED) is 0.666. The molecule has 1 spiro atoms. The maximum absolute atomic E-state index is 13.4. The summed E-state index contributed by atoms with van der Waals surface area (Å²) in [5.74, 6) is 0.0585. The second kappa shape index (κ2) is 8.03. The number of benzene rings is 1. The molecule has 1 atom stereocenters. The first-order chi connectivity index (χ1) is 15.5. The van der Waals surface area contributed by atoms with Gasteiger partial charge in [-0.25, -0.2) is 4.79 Å². The molecule has 0 radical (unpaired) electrons. The zero-order valence-electron chi connectivity index (χ0n) is 18.3. The van der Waals surface area contributed by atoms with E-state index >= 15 is 0 Å². The molecule has 168 valence electrons. The fourth-order valence-corrected chi connectivity index (χ4v) is 5.04. The molecule has 1 aliphatic heterocycles. The molecule has 1 N–H and O–H groups in total. The Morgan fingerprint density at radius 1 is 1.28 bits per heavy atom. The average molecular weight is 437 g/mol. The highest BCUT2D eigenvalue weighted by molar-refractivity contribution is 6.09. The van der Waals surface area contributed by atoms with E-state index in [4.69, 9.17) is 0 Å². The molecular formula is C23H28N6O3. The standard InChI is InChI=1S/C23H28N6O3/c1-27-13-18(25-26-27)14-28(12-10-16-5-4-6-16)20(30)15-29-21(31)23(24-22(29)32)11-9-17-7-2-3-8-19(17)23/h2-3,7-8,13,16H,4-6,9-12,14-15H2,1H3,(H,24,32)/t23-/m0/s1. The van der Waals surface area contributed by atoms with Gasteiger partial charge in [-0.3, -0.25) is 19.2 Å². The first-order valence-corrected chi connectivity index (χ1v) is 11.3. The van der Waals surface area contributed by atoms with Crippen LogP contribution in [0.25, 0.3) is 0 Å². The minimum Gasteiger partial charge on any atom is -0.335 e. The van der Waals surface area contributed by atoms with Crippen molar-refractivity contribution < 1.29 is 14.4 Å². The number of urea groups is 1. The van der Waals surface area contributed by atoms with Gasteiger partial charge in [0.25, 0.3) is 5.91 Å². The third-order valence-corrected chi connectivity index (χ3v) is 7.10. The first kappa shape index (κ1) is 20.7. The number of rotatable bonds is 7. The highest BCUT2D eigenvalue weighted by Crippen LogP contribution is 2.41. The van der Waals surface area contributed by atoms with E-state index in [9.17, 15) is 14.4 Å². The summed E-state index contributed by atoms with van der Waals surface area (Å²) in [6, 6.07) is 7.19. The van der Waals surface area contributed by atoms with Crippen molar-refractivity contribution in [3.8, 4) is 0 Å². The molecule has 1 saturated carbocycles. The Morgan fingerprint density at radius 3 is 2.81 bits per heavy atom. The fourth-order valence-electron chi connectivity index (χ4n) is 5.04. The molecule has 2 aromatic rings. The predicted molar refractivity (Wildman–Crippen MR) is 115 cm³/mol. The van der Waals surface area contributed by atoms with E-state index in [-0.39, 0.29) is 18.4 Å². The van der Waals surface area contributed by atoms with Crippen LogP contribution in [0.5, 0.6) is 0 Å².